The van der Waals surface area contributed by atoms with E-state index in [1.165, 1.54) is 12.1 Å². The number of pyridine rings is 1. The topological polar surface area (TPSA) is 69.0 Å². The Labute approximate surface area is 136 Å². The van der Waals surface area contributed by atoms with E-state index in [-0.39, 0.29) is 17.5 Å². The van der Waals surface area contributed by atoms with Crippen LogP contribution in [0.4, 0.5) is 19.0 Å². The van der Waals surface area contributed by atoms with Gasteiger partial charge in [0, 0.05) is 18.3 Å². The predicted octanol–water partition coefficient (Wildman–Crippen LogP) is 3.44. The summed E-state index contributed by atoms with van der Waals surface area (Å²) in [6.45, 7) is 2.54. The summed E-state index contributed by atoms with van der Waals surface area (Å²) < 4.78 is 42.4. The summed E-state index contributed by atoms with van der Waals surface area (Å²) >= 11 is 0. The molecule has 24 heavy (non-hydrogen) atoms. The van der Waals surface area contributed by atoms with Gasteiger partial charge in [0.2, 0.25) is 5.88 Å². The second-order valence-corrected chi connectivity index (χ2v) is 5.16. The molecular weight excluding hydrogens is 325 g/mol. The van der Waals surface area contributed by atoms with Crippen molar-refractivity contribution in [3.8, 4) is 5.88 Å². The van der Waals surface area contributed by atoms with E-state index in [0.717, 1.165) is 12.6 Å². The molecule has 0 bridgehead atoms. The molecule has 0 fully saturated rings. The molecule has 130 valence electrons. The van der Waals surface area contributed by atoms with Crippen molar-refractivity contribution in [1.82, 2.24) is 14.8 Å². The standard InChI is InChI=1S/C15H17F3N4O2/c1-3-10(2)22-12(6-7-20-22)21-14(23)11-4-5-13(19-8-11)24-9-15(16,17)18/h4-8,10H,3,9H2,1-2H3,(H,21,23). The average molecular weight is 342 g/mol. The lowest BCUT2D eigenvalue weighted by Crippen LogP contribution is -2.20. The molecule has 0 saturated carbocycles. The molecule has 0 aliphatic heterocycles. The van der Waals surface area contributed by atoms with E-state index < -0.39 is 18.7 Å². The summed E-state index contributed by atoms with van der Waals surface area (Å²) in [5, 5.41) is 6.85. The first kappa shape index (κ1) is 17.8. The molecular formula is C15H17F3N4O2. The van der Waals surface area contributed by atoms with Gasteiger partial charge in [-0.25, -0.2) is 9.67 Å². The summed E-state index contributed by atoms with van der Waals surface area (Å²) in [6, 6.07) is 4.34. The van der Waals surface area contributed by atoms with Crippen LogP contribution in [0.3, 0.4) is 0 Å². The Morgan fingerprint density at radius 1 is 1.38 bits per heavy atom. The van der Waals surface area contributed by atoms with Gasteiger partial charge in [0.15, 0.2) is 6.61 Å². The van der Waals surface area contributed by atoms with Crippen LogP contribution in [-0.4, -0.2) is 33.5 Å². The zero-order valence-electron chi connectivity index (χ0n) is 13.2. The Morgan fingerprint density at radius 2 is 2.12 bits per heavy atom. The number of carbonyl (C=O) groups excluding carboxylic acids is 1. The van der Waals surface area contributed by atoms with Crippen LogP contribution in [0.2, 0.25) is 0 Å². The van der Waals surface area contributed by atoms with Crippen LogP contribution in [0, 0.1) is 0 Å². The number of carbonyl (C=O) groups is 1. The Balaban J connectivity index is 2.02. The van der Waals surface area contributed by atoms with Gasteiger partial charge in [-0.05, 0) is 19.4 Å². The van der Waals surface area contributed by atoms with Gasteiger partial charge in [-0.3, -0.25) is 4.79 Å². The number of hydrogen-bond donors (Lipinski definition) is 1. The van der Waals surface area contributed by atoms with Crippen LogP contribution in [0.15, 0.2) is 30.6 Å². The van der Waals surface area contributed by atoms with E-state index in [0.29, 0.717) is 5.82 Å². The molecule has 1 atom stereocenters. The molecule has 2 aromatic rings. The molecule has 1 unspecified atom stereocenters. The van der Waals surface area contributed by atoms with Crippen LogP contribution in [0.1, 0.15) is 36.7 Å². The summed E-state index contributed by atoms with van der Waals surface area (Å²) in [4.78, 5) is 15.9. The normalized spacial score (nSPS) is 12.7. The number of anilines is 1. The maximum atomic E-state index is 12.2. The first-order valence-electron chi connectivity index (χ1n) is 7.30. The van der Waals surface area contributed by atoms with Gasteiger partial charge < -0.3 is 10.1 Å². The Bertz CT molecular complexity index is 683. The van der Waals surface area contributed by atoms with Gasteiger partial charge in [0.1, 0.15) is 5.82 Å². The molecule has 2 aromatic heterocycles. The zero-order valence-corrected chi connectivity index (χ0v) is 13.2. The lowest BCUT2D eigenvalue weighted by atomic mass is 10.2. The van der Waals surface area contributed by atoms with Crippen molar-refractivity contribution in [2.75, 3.05) is 11.9 Å². The summed E-state index contributed by atoms with van der Waals surface area (Å²) in [7, 11) is 0. The quantitative estimate of drug-likeness (QED) is 0.873. The van der Waals surface area contributed by atoms with E-state index in [2.05, 4.69) is 20.1 Å². The third-order valence-corrected chi connectivity index (χ3v) is 3.30. The predicted molar refractivity (Wildman–Crippen MR) is 81.0 cm³/mol. The summed E-state index contributed by atoms with van der Waals surface area (Å²) in [5.74, 6) is -0.102. The van der Waals surface area contributed by atoms with E-state index in [1.807, 2.05) is 13.8 Å². The van der Waals surface area contributed by atoms with E-state index >= 15 is 0 Å². The van der Waals surface area contributed by atoms with Crippen LogP contribution in [0.25, 0.3) is 0 Å². The van der Waals surface area contributed by atoms with Gasteiger partial charge in [-0.15, -0.1) is 0 Å². The maximum absolute atomic E-state index is 12.2. The third-order valence-electron chi connectivity index (χ3n) is 3.30. The van der Waals surface area contributed by atoms with Crippen molar-refractivity contribution >= 4 is 11.7 Å². The number of rotatable bonds is 6. The molecule has 0 aliphatic carbocycles. The largest absolute Gasteiger partial charge is 0.468 e. The van der Waals surface area contributed by atoms with Crippen LogP contribution in [-0.2, 0) is 0 Å². The second kappa shape index (κ2) is 7.33. The molecule has 0 radical (unpaired) electrons. The second-order valence-electron chi connectivity index (χ2n) is 5.16. The highest BCUT2D eigenvalue weighted by Crippen LogP contribution is 2.19. The first-order chi connectivity index (χ1) is 11.3. The number of nitrogens with one attached hydrogen (secondary N) is 1. The van der Waals surface area contributed by atoms with E-state index in [1.54, 1.807) is 16.9 Å². The molecule has 2 heterocycles. The van der Waals surface area contributed by atoms with Crippen LogP contribution < -0.4 is 10.1 Å². The lowest BCUT2D eigenvalue weighted by molar-refractivity contribution is -0.154. The van der Waals surface area contributed by atoms with Crippen molar-refractivity contribution in [2.24, 2.45) is 0 Å². The van der Waals surface area contributed by atoms with Crippen molar-refractivity contribution in [1.29, 1.82) is 0 Å². The molecule has 1 N–H and O–H groups in total. The van der Waals surface area contributed by atoms with Crippen molar-refractivity contribution in [2.45, 2.75) is 32.5 Å². The van der Waals surface area contributed by atoms with Crippen molar-refractivity contribution < 1.29 is 22.7 Å². The molecule has 0 spiro atoms. The highest BCUT2D eigenvalue weighted by Gasteiger charge is 2.28. The number of aromatic nitrogens is 3. The molecule has 6 nitrogen and oxygen atoms in total. The fourth-order valence-electron chi connectivity index (χ4n) is 1.88. The molecule has 0 aromatic carbocycles. The van der Waals surface area contributed by atoms with Crippen LogP contribution >= 0.6 is 0 Å². The number of hydrogen-bond acceptors (Lipinski definition) is 4. The minimum absolute atomic E-state index is 0.117. The summed E-state index contributed by atoms with van der Waals surface area (Å²) in [5.41, 5.74) is 0.200. The number of alkyl halides is 3. The average Bonchev–Trinajstić information content (AvgIpc) is 3.00. The fraction of sp³-hybridized carbons (Fsp3) is 0.400. The van der Waals surface area contributed by atoms with E-state index in [9.17, 15) is 18.0 Å². The SMILES string of the molecule is CCC(C)n1nccc1NC(=O)c1ccc(OCC(F)(F)F)nc1. The smallest absolute Gasteiger partial charge is 0.422 e. The molecule has 0 aliphatic rings. The van der Waals surface area contributed by atoms with E-state index in [4.69, 9.17) is 0 Å². The Kier molecular flexibility index (Phi) is 5.42. The highest BCUT2D eigenvalue weighted by atomic mass is 19.4. The van der Waals surface area contributed by atoms with Crippen molar-refractivity contribution in [3.63, 3.8) is 0 Å². The van der Waals surface area contributed by atoms with Gasteiger partial charge in [-0.1, -0.05) is 6.92 Å². The monoisotopic (exact) mass is 342 g/mol. The van der Waals surface area contributed by atoms with Crippen LogP contribution in [0.5, 0.6) is 5.88 Å². The van der Waals surface area contributed by atoms with Gasteiger partial charge in [0.25, 0.3) is 5.91 Å². The number of halogens is 3. The number of amides is 1. The Hall–Kier alpha value is -2.58. The number of ether oxygens (including phenoxy) is 1. The number of nitrogens with zero attached hydrogens (tertiary/aromatic N) is 3. The molecule has 1 amide bonds. The highest BCUT2D eigenvalue weighted by molar-refractivity contribution is 6.03. The van der Waals surface area contributed by atoms with Gasteiger partial charge >= 0.3 is 6.18 Å². The molecule has 2 rings (SSSR count). The minimum Gasteiger partial charge on any atom is -0.468 e. The van der Waals surface area contributed by atoms with Crippen molar-refractivity contribution in [3.05, 3.63) is 36.2 Å². The summed E-state index contributed by atoms with van der Waals surface area (Å²) in [6.07, 6.45) is -0.859. The van der Waals surface area contributed by atoms with Gasteiger partial charge in [0.05, 0.1) is 17.8 Å². The molecule has 9 heteroatoms. The third kappa shape index (κ3) is 4.71. The lowest BCUT2D eigenvalue weighted by Gasteiger charge is -2.14. The fourth-order valence-corrected chi connectivity index (χ4v) is 1.88. The minimum atomic E-state index is -4.44. The first-order valence-corrected chi connectivity index (χ1v) is 7.30. The molecule has 0 saturated heterocycles. The Morgan fingerprint density at radius 3 is 2.71 bits per heavy atom. The van der Waals surface area contributed by atoms with Gasteiger partial charge in [-0.2, -0.15) is 18.3 Å². The maximum Gasteiger partial charge on any atom is 0.422 e. The zero-order chi connectivity index (χ0) is 17.7.